The minimum absolute atomic E-state index is 0.124. The second-order valence-corrected chi connectivity index (χ2v) is 8.31. The van der Waals surface area contributed by atoms with E-state index in [0.29, 0.717) is 5.41 Å². The lowest BCUT2D eigenvalue weighted by molar-refractivity contribution is -0.0622. The average Bonchev–Trinajstić information content (AvgIpc) is 2.91. The Morgan fingerprint density at radius 3 is 2.48 bits per heavy atom. The summed E-state index contributed by atoms with van der Waals surface area (Å²) in [6, 6.07) is 5.98. The number of hydrogen-bond acceptors (Lipinski definition) is 2. The fourth-order valence-corrected chi connectivity index (χ4v) is 5.12. The highest BCUT2D eigenvalue weighted by Gasteiger charge is 2.48. The third-order valence-electron chi connectivity index (χ3n) is 6.11. The second-order valence-electron chi connectivity index (χ2n) is 7.39. The number of aliphatic hydroxyl groups excluding tert-OH is 1. The Bertz CT molecular complexity index is 538. The highest BCUT2D eigenvalue weighted by Crippen LogP contribution is 2.55. The maximum absolute atomic E-state index is 10.5. The molecule has 1 N–H and O–H groups in total. The monoisotopic (exact) mass is 350 g/mol. The molecule has 2 fully saturated rings. The molecule has 2 nitrogen and oxygen atoms in total. The zero-order valence-electron chi connectivity index (χ0n) is 12.4. The fraction of sp³-hybridized carbons (Fsp3) is 0.667. The molecular formula is C18H23BrO2. The first kappa shape index (κ1) is 14.1. The van der Waals surface area contributed by atoms with Gasteiger partial charge in [0.1, 0.15) is 11.4 Å². The van der Waals surface area contributed by atoms with Crippen LogP contribution in [0.2, 0.25) is 0 Å². The predicted molar refractivity (Wildman–Crippen MR) is 86.4 cm³/mol. The van der Waals surface area contributed by atoms with Gasteiger partial charge in [0.05, 0.1) is 6.10 Å². The summed E-state index contributed by atoms with van der Waals surface area (Å²) in [7, 11) is 0. The number of halogens is 1. The van der Waals surface area contributed by atoms with Crippen LogP contribution >= 0.6 is 15.9 Å². The van der Waals surface area contributed by atoms with E-state index >= 15 is 0 Å². The van der Waals surface area contributed by atoms with Crippen LogP contribution in [0.4, 0.5) is 0 Å². The molecule has 1 atom stereocenters. The molecule has 1 aliphatic heterocycles. The number of rotatable bonds is 0. The Hall–Kier alpha value is -0.540. The van der Waals surface area contributed by atoms with E-state index in [0.717, 1.165) is 35.0 Å². The van der Waals surface area contributed by atoms with Crippen LogP contribution in [0.25, 0.3) is 0 Å². The van der Waals surface area contributed by atoms with Crippen LogP contribution in [-0.4, -0.2) is 10.7 Å². The highest BCUT2D eigenvalue weighted by molar-refractivity contribution is 9.10. The van der Waals surface area contributed by atoms with Crippen molar-refractivity contribution < 1.29 is 9.84 Å². The molecule has 1 aromatic rings. The van der Waals surface area contributed by atoms with Crippen LogP contribution in [0, 0.1) is 5.41 Å². The summed E-state index contributed by atoms with van der Waals surface area (Å²) >= 11 is 3.51. The van der Waals surface area contributed by atoms with E-state index in [2.05, 4.69) is 15.9 Å². The molecule has 2 aliphatic carbocycles. The fourth-order valence-electron chi connectivity index (χ4n) is 4.78. The maximum Gasteiger partial charge on any atom is 0.127 e. The van der Waals surface area contributed by atoms with Gasteiger partial charge in [-0.3, -0.25) is 0 Å². The predicted octanol–water partition coefficient (Wildman–Crippen LogP) is 5.14. The van der Waals surface area contributed by atoms with E-state index in [1.54, 1.807) is 0 Å². The van der Waals surface area contributed by atoms with Crippen molar-refractivity contribution in [3.63, 3.8) is 0 Å². The molecule has 0 amide bonds. The van der Waals surface area contributed by atoms with Gasteiger partial charge in [-0.25, -0.2) is 0 Å². The van der Waals surface area contributed by atoms with Gasteiger partial charge in [0.2, 0.25) is 0 Å². The molecule has 2 spiro atoms. The molecule has 21 heavy (non-hydrogen) atoms. The Morgan fingerprint density at radius 1 is 1.05 bits per heavy atom. The molecule has 0 aromatic heterocycles. The lowest BCUT2D eigenvalue weighted by Gasteiger charge is -2.48. The summed E-state index contributed by atoms with van der Waals surface area (Å²) in [5, 5.41) is 10.5. The first-order chi connectivity index (χ1) is 10.1. The Labute approximate surface area is 135 Å². The van der Waals surface area contributed by atoms with E-state index in [1.807, 2.05) is 18.2 Å². The third-order valence-corrected chi connectivity index (χ3v) is 6.61. The topological polar surface area (TPSA) is 29.5 Å². The number of fused-ring (bicyclic) bond motifs is 1. The van der Waals surface area contributed by atoms with E-state index < -0.39 is 0 Å². The van der Waals surface area contributed by atoms with Crippen molar-refractivity contribution in [2.75, 3.05) is 0 Å². The van der Waals surface area contributed by atoms with Crippen LogP contribution in [0.15, 0.2) is 22.7 Å². The van der Waals surface area contributed by atoms with E-state index in [9.17, 15) is 5.11 Å². The normalized spacial score (nSPS) is 29.3. The van der Waals surface area contributed by atoms with E-state index in [4.69, 9.17) is 4.74 Å². The number of benzene rings is 1. The summed E-state index contributed by atoms with van der Waals surface area (Å²) in [4.78, 5) is 0. The molecule has 3 aliphatic rings. The van der Waals surface area contributed by atoms with Gasteiger partial charge in [-0.2, -0.15) is 0 Å². The average molecular weight is 351 g/mol. The number of ether oxygens (including phenoxy) is 1. The largest absolute Gasteiger partial charge is 0.487 e. The van der Waals surface area contributed by atoms with Gasteiger partial charge in [-0.1, -0.05) is 34.8 Å². The standard InChI is InChI=1S/C18H23BrO2/c19-13-3-4-14-15(20)12-18(21-16(14)11-13)9-7-17(8-10-18)5-1-2-6-17/h3-4,11,15,20H,1-2,5-10,12H2. The van der Waals surface area contributed by atoms with Crippen LogP contribution in [0.5, 0.6) is 5.75 Å². The van der Waals surface area contributed by atoms with Crippen molar-refractivity contribution in [2.45, 2.75) is 69.5 Å². The van der Waals surface area contributed by atoms with Crippen molar-refractivity contribution in [3.8, 4) is 5.75 Å². The van der Waals surface area contributed by atoms with Crippen LogP contribution in [-0.2, 0) is 0 Å². The number of aliphatic hydroxyl groups is 1. The van der Waals surface area contributed by atoms with Gasteiger partial charge >= 0.3 is 0 Å². The molecule has 3 heteroatoms. The Kier molecular flexibility index (Phi) is 3.34. The van der Waals surface area contributed by atoms with Crippen LogP contribution in [0.3, 0.4) is 0 Å². The molecule has 4 rings (SSSR count). The van der Waals surface area contributed by atoms with Crippen LogP contribution < -0.4 is 4.74 Å². The minimum Gasteiger partial charge on any atom is -0.487 e. The van der Waals surface area contributed by atoms with E-state index in [-0.39, 0.29) is 11.7 Å². The molecule has 114 valence electrons. The third kappa shape index (κ3) is 2.43. The zero-order chi connectivity index (χ0) is 14.5. The van der Waals surface area contributed by atoms with Crippen molar-refractivity contribution >= 4 is 15.9 Å². The first-order valence-electron chi connectivity index (χ1n) is 8.27. The van der Waals surface area contributed by atoms with Crippen molar-refractivity contribution in [1.82, 2.24) is 0 Å². The van der Waals surface area contributed by atoms with Gasteiger partial charge in [-0.15, -0.1) is 0 Å². The summed E-state index contributed by atoms with van der Waals surface area (Å²) < 4.78 is 7.45. The SMILES string of the molecule is OC1CC2(CCC3(CCCC3)CC2)Oc2cc(Br)ccc21. The Balaban J connectivity index is 1.57. The number of hydrogen-bond donors (Lipinski definition) is 1. The summed E-state index contributed by atoms with van der Waals surface area (Å²) in [6.45, 7) is 0. The summed E-state index contributed by atoms with van der Waals surface area (Å²) in [5.74, 6) is 0.880. The van der Waals surface area contributed by atoms with Gasteiger partial charge in [0.25, 0.3) is 0 Å². The summed E-state index contributed by atoms with van der Waals surface area (Å²) in [6.07, 6.45) is 10.8. The quantitative estimate of drug-likeness (QED) is 0.701. The molecule has 0 radical (unpaired) electrons. The molecule has 0 saturated heterocycles. The van der Waals surface area contributed by atoms with Crippen molar-refractivity contribution in [3.05, 3.63) is 28.2 Å². The lowest BCUT2D eigenvalue weighted by Crippen LogP contribution is -2.46. The van der Waals surface area contributed by atoms with Gasteiger partial charge in [0, 0.05) is 16.5 Å². The lowest BCUT2D eigenvalue weighted by atomic mass is 9.65. The van der Waals surface area contributed by atoms with Crippen molar-refractivity contribution in [2.24, 2.45) is 5.41 Å². The molecule has 0 bridgehead atoms. The molecular weight excluding hydrogens is 328 g/mol. The minimum atomic E-state index is -0.375. The Morgan fingerprint density at radius 2 is 1.76 bits per heavy atom. The molecule has 2 saturated carbocycles. The summed E-state index contributed by atoms with van der Waals surface area (Å²) in [5.41, 5.74) is 1.43. The first-order valence-corrected chi connectivity index (χ1v) is 9.06. The maximum atomic E-state index is 10.5. The molecule has 1 unspecified atom stereocenters. The second kappa shape index (κ2) is 4.99. The van der Waals surface area contributed by atoms with Gasteiger partial charge in [0.15, 0.2) is 0 Å². The van der Waals surface area contributed by atoms with Gasteiger partial charge in [-0.05, 0) is 56.1 Å². The van der Waals surface area contributed by atoms with Gasteiger partial charge < -0.3 is 9.84 Å². The zero-order valence-corrected chi connectivity index (χ0v) is 14.0. The van der Waals surface area contributed by atoms with Crippen LogP contribution in [0.1, 0.15) is 69.5 Å². The highest BCUT2D eigenvalue weighted by atomic mass is 79.9. The molecule has 1 heterocycles. The molecule has 1 aromatic carbocycles. The smallest absolute Gasteiger partial charge is 0.127 e. The van der Waals surface area contributed by atoms with Crippen molar-refractivity contribution in [1.29, 1.82) is 0 Å². The van der Waals surface area contributed by atoms with E-state index in [1.165, 1.54) is 38.5 Å².